The number of aryl methyl sites for hydroxylation is 2. The molecule has 1 atom stereocenters. The van der Waals surface area contributed by atoms with Crippen molar-refractivity contribution in [2.75, 3.05) is 5.32 Å². The summed E-state index contributed by atoms with van der Waals surface area (Å²) in [5.41, 5.74) is 0.713. The molecule has 0 spiro atoms. The van der Waals surface area contributed by atoms with Crippen LogP contribution in [-0.2, 0) is 9.59 Å². The first-order valence-electron chi connectivity index (χ1n) is 10.3. The molecule has 0 saturated heterocycles. The third-order valence-electron chi connectivity index (χ3n) is 7.01. The molecule has 6 heteroatoms. The van der Waals surface area contributed by atoms with E-state index in [1.54, 1.807) is 0 Å². The predicted molar refractivity (Wildman–Crippen MR) is 108 cm³/mol. The number of carbonyl (C=O) groups excluding carboxylic acids is 2. The standard InChI is InChI=1S/C21H31N3O2S/c1-11(2)17(18(25)24-20-22-12(3)13(4)27-20)23-19(26)21-8-14-5-15(9-21)7-16(6-14)10-21/h11,14-17H,5-10H2,1-4H3,(H,23,26)(H,22,24,25). The van der Waals surface area contributed by atoms with Crippen LogP contribution >= 0.6 is 11.3 Å². The van der Waals surface area contributed by atoms with Crippen molar-refractivity contribution in [3.63, 3.8) is 0 Å². The molecule has 5 rings (SSSR count). The zero-order valence-electron chi connectivity index (χ0n) is 16.8. The molecular formula is C21H31N3O2S. The summed E-state index contributed by atoms with van der Waals surface area (Å²) in [6.45, 7) is 7.92. The van der Waals surface area contributed by atoms with E-state index in [2.05, 4.69) is 15.6 Å². The van der Waals surface area contributed by atoms with Gasteiger partial charge in [0, 0.05) is 10.3 Å². The van der Waals surface area contributed by atoms with Gasteiger partial charge in [-0.3, -0.25) is 9.59 Å². The Morgan fingerprint density at radius 1 is 1.07 bits per heavy atom. The van der Waals surface area contributed by atoms with Crippen molar-refractivity contribution in [3.05, 3.63) is 10.6 Å². The van der Waals surface area contributed by atoms with E-state index >= 15 is 0 Å². The number of nitrogens with zero attached hydrogens (tertiary/aromatic N) is 1. The highest BCUT2D eigenvalue weighted by Crippen LogP contribution is 2.60. The van der Waals surface area contributed by atoms with Gasteiger partial charge in [-0.15, -0.1) is 11.3 Å². The fourth-order valence-electron chi connectivity index (χ4n) is 5.93. The Bertz CT molecular complexity index is 700. The average molecular weight is 390 g/mol. The maximum atomic E-state index is 13.3. The van der Waals surface area contributed by atoms with E-state index in [4.69, 9.17) is 0 Å². The molecule has 148 valence electrons. The van der Waals surface area contributed by atoms with Gasteiger partial charge in [-0.2, -0.15) is 0 Å². The molecule has 4 aliphatic rings. The molecule has 1 aromatic heterocycles. The first kappa shape index (κ1) is 18.9. The zero-order chi connectivity index (χ0) is 19.3. The first-order valence-corrected chi connectivity index (χ1v) is 11.1. The highest BCUT2D eigenvalue weighted by molar-refractivity contribution is 7.15. The smallest absolute Gasteiger partial charge is 0.248 e. The molecule has 1 unspecified atom stereocenters. The Morgan fingerprint density at radius 2 is 1.63 bits per heavy atom. The second-order valence-electron chi connectivity index (χ2n) is 9.54. The van der Waals surface area contributed by atoms with Crippen LogP contribution in [0.25, 0.3) is 0 Å². The van der Waals surface area contributed by atoms with E-state index < -0.39 is 6.04 Å². The molecular weight excluding hydrogens is 358 g/mol. The number of carbonyl (C=O) groups is 2. The van der Waals surface area contributed by atoms with Gasteiger partial charge < -0.3 is 10.6 Å². The van der Waals surface area contributed by atoms with Gasteiger partial charge in [0.05, 0.1) is 5.69 Å². The van der Waals surface area contributed by atoms with Crippen molar-refractivity contribution in [1.82, 2.24) is 10.3 Å². The summed E-state index contributed by atoms with van der Waals surface area (Å²) < 4.78 is 0. The lowest BCUT2D eigenvalue weighted by Gasteiger charge is -2.55. The summed E-state index contributed by atoms with van der Waals surface area (Å²) in [6, 6.07) is -0.519. The van der Waals surface area contributed by atoms with Crippen LogP contribution in [0.15, 0.2) is 0 Å². The second-order valence-corrected chi connectivity index (χ2v) is 10.7. The molecule has 0 aromatic carbocycles. The molecule has 1 aromatic rings. The third kappa shape index (κ3) is 3.53. The van der Waals surface area contributed by atoms with Crippen LogP contribution in [0.5, 0.6) is 0 Å². The van der Waals surface area contributed by atoms with E-state index in [0.717, 1.165) is 47.6 Å². The minimum absolute atomic E-state index is 0.0324. The molecule has 27 heavy (non-hydrogen) atoms. The molecule has 1 heterocycles. The van der Waals surface area contributed by atoms with E-state index in [-0.39, 0.29) is 23.1 Å². The highest BCUT2D eigenvalue weighted by Gasteiger charge is 2.55. The van der Waals surface area contributed by atoms with Gasteiger partial charge in [-0.1, -0.05) is 13.8 Å². The number of aromatic nitrogens is 1. The SMILES string of the molecule is Cc1nc(NC(=O)C(NC(=O)C23CC4CC(CC(C4)C2)C3)C(C)C)sc1C. The summed E-state index contributed by atoms with van der Waals surface area (Å²) in [7, 11) is 0. The van der Waals surface area contributed by atoms with E-state index in [9.17, 15) is 9.59 Å². The molecule has 4 saturated carbocycles. The van der Waals surface area contributed by atoms with Crippen molar-refractivity contribution >= 4 is 28.3 Å². The number of rotatable bonds is 5. The molecule has 4 aliphatic carbocycles. The quantitative estimate of drug-likeness (QED) is 0.798. The monoisotopic (exact) mass is 389 g/mol. The number of anilines is 1. The van der Waals surface area contributed by atoms with E-state index in [1.807, 2.05) is 27.7 Å². The normalized spacial score (nSPS) is 32.6. The molecule has 5 nitrogen and oxygen atoms in total. The van der Waals surface area contributed by atoms with Gasteiger partial charge in [0.25, 0.3) is 0 Å². The Morgan fingerprint density at radius 3 is 2.07 bits per heavy atom. The lowest BCUT2D eigenvalue weighted by atomic mass is 9.49. The van der Waals surface area contributed by atoms with Crippen LogP contribution in [0, 0.1) is 42.9 Å². The fourth-order valence-corrected chi connectivity index (χ4v) is 6.74. The van der Waals surface area contributed by atoms with E-state index in [0.29, 0.717) is 5.13 Å². The molecule has 0 radical (unpaired) electrons. The molecule has 4 fully saturated rings. The predicted octanol–water partition coefficient (Wildman–Crippen LogP) is 4.06. The van der Waals surface area contributed by atoms with Crippen LogP contribution in [0.1, 0.15) is 62.9 Å². The molecule has 2 N–H and O–H groups in total. The summed E-state index contributed by atoms with van der Waals surface area (Å²) in [4.78, 5) is 31.7. The van der Waals surface area contributed by atoms with Crippen LogP contribution < -0.4 is 10.6 Å². The van der Waals surface area contributed by atoms with Crippen molar-refractivity contribution in [2.24, 2.45) is 29.1 Å². The van der Waals surface area contributed by atoms with Crippen LogP contribution in [0.3, 0.4) is 0 Å². The zero-order valence-corrected chi connectivity index (χ0v) is 17.6. The number of hydrogen-bond acceptors (Lipinski definition) is 4. The Balaban J connectivity index is 1.46. The number of thiazole rings is 1. The first-order chi connectivity index (χ1) is 12.8. The van der Waals surface area contributed by atoms with Crippen molar-refractivity contribution in [2.45, 2.75) is 72.3 Å². The Labute approximate surface area is 165 Å². The lowest BCUT2D eigenvalue weighted by molar-refractivity contribution is -0.148. The van der Waals surface area contributed by atoms with Gasteiger partial charge in [0.15, 0.2) is 5.13 Å². The fraction of sp³-hybridized carbons (Fsp3) is 0.762. The summed E-state index contributed by atoms with van der Waals surface area (Å²) >= 11 is 1.48. The molecule has 2 amide bonds. The summed E-state index contributed by atoms with van der Waals surface area (Å²) in [5, 5.41) is 6.67. The average Bonchev–Trinajstić information content (AvgIpc) is 2.88. The Kier molecular flexibility index (Phi) is 4.81. The number of hydrogen-bond donors (Lipinski definition) is 2. The minimum atomic E-state index is -0.519. The second kappa shape index (κ2) is 6.87. The van der Waals surface area contributed by atoms with Crippen molar-refractivity contribution in [1.29, 1.82) is 0 Å². The van der Waals surface area contributed by atoms with Gasteiger partial charge in [-0.25, -0.2) is 4.98 Å². The molecule has 0 aliphatic heterocycles. The Hall–Kier alpha value is -1.43. The number of amides is 2. The largest absolute Gasteiger partial charge is 0.344 e. The summed E-state index contributed by atoms with van der Waals surface area (Å²) in [6.07, 6.45) is 6.97. The van der Waals surface area contributed by atoms with Gasteiger partial charge in [0.2, 0.25) is 11.8 Å². The van der Waals surface area contributed by atoms with Crippen LogP contribution in [-0.4, -0.2) is 22.8 Å². The van der Waals surface area contributed by atoms with Gasteiger partial charge in [-0.05, 0) is 76.0 Å². The lowest BCUT2D eigenvalue weighted by Crippen LogP contribution is -2.57. The van der Waals surface area contributed by atoms with Crippen LogP contribution in [0.2, 0.25) is 0 Å². The highest BCUT2D eigenvalue weighted by atomic mass is 32.1. The minimum Gasteiger partial charge on any atom is -0.344 e. The van der Waals surface area contributed by atoms with Crippen molar-refractivity contribution in [3.8, 4) is 0 Å². The maximum absolute atomic E-state index is 13.3. The van der Waals surface area contributed by atoms with Crippen LogP contribution in [0.4, 0.5) is 5.13 Å². The van der Waals surface area contributed by atoms with Crippen molar-refractivity contribution < 1.29 is 9.59 Å². The molecule has 4 bridgehead atoms. The van der Waals surface area contributed by atoms with Gasteiger partial charge >= 0.3 is 0 Å². The third-order valence-corrected chi connectivity index (χ3v) is 8.00. The topological polar surface area (TPSA) is 71.1 Å². The van der Waals surface area contributed by atoms with E-state index in [1.165, 1.54) is 30.6 Å². The number of nitrogens with one attached hydrogen (secondary N) is 2. The van der Waals surface area contributed by atoms with Gasteiger partial charge in [0.1, 0.15) is 6.04 Å². The summed E-state index contributed by atoms with van der Waals surface area (Å²) in [5.74, 6) is 2.14. The maximum Gasteiger partial charge on any atom is 0.248 e.